The predicted octanol–water partition coefficient (Wildman–Crippen LogP) is 4.37. The van der Waals surface area contributed by atoms with Gasteiger partial charge in [-0.3, -0.25) is 4.98 Å². The predicted molar refractivity (Wildman–Crippen MR) is 65.3 cm³/mol. The fraction of sp³-hybridized carbons (Fsp3) is 0.308. The van der Waals surface area contributed by atoms with E-state index in [1.54, 1.807) is 24.4 Å². The number of halogens is 2. The lowest BCUT2D eigenvalue weighted by molar-refractivity contribution is 0.603. The smallest absolute Gasteiger partial charge is 0.152 e. The monoisotopic (exact) mass is 237 g/mol. The number of benzene rings is 1. The van der Waals surface area contributed by atoms with Crippen molar-refractivity contribution in [3.63, 3.8) is 0 Å². The van der Waals surface area contributed by atoms with Crippen molar-refractivity contribution in [3.8, 4) is 0 Å². The molecular formula is C13H13ClFN. The van der Waals surface area contributed by atoms with Gasteiger partial charge in [-0.25, -0.2) is 4.39 Å². The highest BCUT2D eigenvalue weighted by Crippen LogP contribution is 2.23. The SMILES string of the molecule is CCCCc1ncc2ccc(Cl)cc2c1F. The molecule has 16 heavy (non-hydrogen) atoms. The number of rotatable bonds is 3. The van der Waals surface area contributed by atoms with Gasteiger partial charge in [-0.15, -0.1) is 0 Å². The normalized spacial score (nSPS) is 10.9. The Labute approximate surface area is 99.3 Å². The van der Waals surface area contributed by atoms with Gasteiger partial charge in [0.1, 0.15) is 0 Å². The second-order valence-electron chi connectivity index (χ2n) is 3.85. The fourth-order valence-electron chi connectivity index (χ4n) is 1.71. The standard InChI is InChI=1S/C13H13ClFN/c1-2-3-4-12-13(15)11-7-10(14)6-5-9(11)8-16-12/h5-8H,2-4H2,1H3. The molecule has 0 saturated heterocycles. The molecule has 2 aromatic rings. The van der Waals surface area contributed by atoms with Crippen LogP contribution in [0.15, 0.2) is 24.4 Å². The Balaban J connectivity index is 2.50. The van der Waals surface area contributed by atoms with E-state index < -0.39 is 0 Å². The summed E-state index contributed by atoms with van der Waals surface area (Å²) in [6.07, 6.45) is 4.38. The summed E-state index contributed by atoms with van der Waals surface area (Å²) in [4.78, 5) is 4.16. The van der Waals surface area contributed by atoms with Crippen molar-refractivity contribution in [1.82, 2.24) is 4.98 Å². The van der Waals surface area contributed by atoms with Gasteiger partial charge in [0.25, 0.3) is 0 Å². The zero-order valence-electron chi connectivity index (χ0n) is 9.13. The van der Waals surface area contributed by atoms with E-state index in [-0.39, 0.29) is 5.82 Å². The third kappa shape index (κ3) is 2.17. The van der Waals surface area contributed by atoms with Gasteiger partial charge in [0.2, 0.25) is 0 Å². The molecule has 0 amide bonds. The highest BCUT2D eigenvalue weighted by Gasteiger charge is 2.08. The number of hydrogen-bond donors (Lipinski definition) is 0. The Hall–Kier alpha value is -1.15. The summed E-state index contributed by atoms with van der Waals surface area (Å²) in [5.41, 5.74) is 0.539. The molecule has 1 nitrogen and oxygen atoms in total. The molecule has 0 N–H and O–H groups in total. The second kappa shape index (κ2) is 4.79. The third-order valence-corrected chi connectivity index (χ3v) is 2.87. The molecule has 0 atom stereocenters. The summed E-state index contributed by atoms with van der Waals surface area (Å²) in [6.45, 7) is 2.08. The van der Waals surface area contributed by atoms with Crippen LogP contribution < -0.4 is 0 Å². The molecule has 0 aliphatic rings. The number of hydrogen-bond acceptors (Lipinski definition) is 1. The summed E-state index contributed by atoms with van der Waals surface area (Å²) in [5, 5.41) is 1.91. The van der Waals surface area contributed by atoms with Crippen LogP contribution in [0.2, 0.25) is 5.02 Å². The zero-order chi connectivity index (χ0) is 11.5. The summed E-state index contributed by atoms with van der Waals surface area (Å²) in [6, 6.07) is 5.19. The van der Waals surface area contributed by atoms with E-state index >= 15 is 0 Å². The first-order valence-electron chi connectivity index (χ1n) is 5.45. The molecule has 1 aromatic carbocycles. The van der Waals surface area contributed by atoms with Gasteiger partial charge in [-0.2, -0.15) is 0 Å². The van der Waals surface area contributed by atoms with Gasteiger partial charge in [0, 0.05) is 22.0 Å². The van der Waals surface area contributed by atoms with Crippen LogP contribution in [-0.4, -0.2) is 4.98 Å². The maximum Gasteiger partial charge on any atom is 0.152 e. The second-order valence-corrected chi connectivity index (χ2v) is 4.29. The van der Waals surface area contributed by atoms with Crippen molar-refractivity contribution >= 4 is 22.4 Å². The van der Waals surface area contributed by atoms with Crippen LogP contribution in [0.1, 0.15) is 25.5 Å². The maximum absolute atomic E-state index is 14.1. The van der Waals surface area contributed by atoms with E-state index in [0.717, 1.165) is 18.2 Å². The number of unbranched alkanes of at least 4 members (excludes halogenated alkanes) is 1. The molecule has 0 radical (unpaired) electrons. The molecule has 0 aliphatic heterocycles. The minimum atomic E-state index is -0.228. The molecule has 3 heteroatoms. The number of aryl methyl sites for hydroxylation is 1. The quantitative estimate of drug-likeness (QED) is 0.773. The topological polar surface area (TPSA) is 12.9 Å². The molecule has 0 saturated carbocycles. The Morgan fingerprint density at radius 1 is 1.38 bits per heavy atom. The van der Waals surface area contributed by atoms with Gasteiger partial charge in [-0.05, 0) is 25.0 Å². The van der Waals surface area contributed by atoms with Crippen LogP contribution in [-0.2, 0) is 6.42 Å². The van der Waals surface area contributed by atoms with Crippen molar-refractivity contribution in [2.45, 2.75) is 26.2 Å². The Kier molecular flexibility index (Phi) is 3.39. The molecule has 0 unspecified atom stereocenters. The van der Waals surface area contributed by atoms with Crippen molar-refractivity contribution in [3.05, 3.63) is 40.9 Å². The van der Waals surface area contributed by atoms with Gasteiger partial charge in [-0.1, -0.05) is 31.0 Å². The van der Waals surface area contributed by atoms with Gasteiger partial charge in [0.05, 0.1) is 5.69 Å². The van der Waals surface area contributed by atoms with Crippen molar-refractivity contribution in [1.29, 1.82) is 0 Å². The first-order chi connectivity index (χ1) is 7.72. The lowest BCUT2D eigenvalue weighted by Gasteiger charge is -2.05. The molecule has 0 fully saturated rings. The minimum Gasteiger partial charge on any atom is -0.258 e. The summed E-state index contributed by atoms with van der Waals surface area (Å²) < 4.78 is 14.1. The summed E-state index contributed by atoms with van der Waals surface area (Å²) >= 11 is 5.86. The van der Waals surface area contributed by atoms with E-state index in [2.05, 4.69) is 11.9 Å². The number of nitrogens with zero attached hydrogens (tertiary/aromatic N) is 1. The van der Waals surface area contributed by atoms with Gasteiger partial charge < -0.3 is 0 Å². The van der Waals surface area contributed by atoms with Crippen LogP contribution >= 0.6 is 11.6 Å². The van der Waals surface area contributed by atoms with Crippen molar-refractivity contribution in [2.24, 2.45) is 0 Å². The Morgan fingerprint density at radius 3 is 2.94 bits per heavy atom. The Morgan fingerprint density at radius 2 is 2.19 bits per heavy atom. The summed E-state index contributed by atoms with van der Waals surface area (Å²) in [5.74, 6) is -0.228. The fourth-order valence-corrected chi connectivity index (χ4v) is 1.88. The minimum absolute atomic E-state index is 0.228. The van der Waals surface area contributed by atoms with Gasteiger partial charge >= 0.3 is 0 Å². The maximum atomic E-state index is 14.1. The molecule has 0 aliphatic carbocycles. The average Bonchev–Trinajstić information content (AvgIpc) is 2.29. The van der Waals surface area contributed by atoms with Crippen molar-refractivity contribution in [2.75, 3.05) is 0 Å². The molecule has 2 rings (SSSR count). The molecule has 84 valence electrons. The third-order valence-electron chi connectivity index (χ3n) is 2.63. The van der Waals surface area contributed by atoms with Crippen LogP contribution in [0, 0.1) is 5.82 Å². The number of fused-ring (bicyclic) bond motifs is 1. The lowest BCUT2D eigenvalue weighted by Crippen LogP contribution is -1.96. The Bertz CT molecular complexity index is 511. The van der Waals surface area contributed by atoms with E-state index in [0.29, 0.717) is 22.5 Å². The van der Waals surface area contributed by atoms with Gasteiger partial charge in [0.15, 0.2) is 5.82 Å². The molecular weight excluding hydrogens is 225 g/mol. The van der Waals surface area contributed by atoms with E-state index in [4.69, 9.17) is 11.6 Å². The van der Waals surface area contributed by atoms with Crippen molar-refractivity contribution < 1.29 is 4.39 Å². The van der Waals surface area contributed by atoms with E-state index in [1.807, 2.05) is 0 Å². The number of pyridine rings is 1. The molecule has 0 spiro atoms. The first-order valence-corrected chi connectivity index (χ1v) is 5.83. The lowest BCUT2D eigenvalue weighted by atomic mass is 10.1. The van der Waals surface area contributed by atoms with Crippen LogP contribution in [0.3, 0.4) is 0 Å². The zero-order valence-corrected chi connectivity index (χ0v) is 9.89. The molecule has 0 bridgehead atoms. The largest absolute Gasteiger partial charge is 0.258 e. The summed E-state index contributed by atoms with van der Waals surface area (Å²) in [7, 11) is 0. The average molecular weight is 238 g/mol. The molecule has 1 heterocycles. The first kappa shape index (κ1) is 11.3. The highest BCUT2D eigenvalue weighted by molar-refractivity contribution is 6.31. The van der Waals surface area contributed by atoms with Crippen LogP contribution in [0.4, 0.5) is 4.39 Å². The van der Waals surface area contributed by atoms with E-state index in [9.17, 15) is 4.39 Å². The van der Waals surface area contributed by atoms with Crippen LogP contribution in [0.5, 0.6) is 0 Å². The van der Waals surface area contributed by atoms with E-state index in [1.165, 1.54) is 0 Å². The highest BCUT2D eigenvalue weighted by atomic mass is 35.5. The number of aromatic nitrogens is 1. The van der Waals surface area contributed by atoms with Crippen LogP contribution in [0.25, 0.3) is 10.8 Å². The molecule has 1 aromatic heterocycles.